The van der Waals surface area contributed by atoms with Crippen LogP contribution < -0.4 is 5.32 Å². The lowest BCUT2D eigenvalue weighted by Crippen LogP contribution is -2.36. The van der Waals surface area contributed by atoms with E-state index in [1.54, 1.807) is 54.6 Å². The lowest BCUT2D eigenvalue weighted by molar-refractivity contribution is -0.134. The van der Waals surface area contributed by atoms with Crippen LogP contribution in [-0.2, 0) is 27.3 Å². The first-order valence-corrected chi connectivity index (χ1v) is 12.7. The van der Waals surface area contributed by atoms with Gasteiger partial charge in [-0.2, -0.15) is 13.2 Å². The fourth-order valence-corrected chi connectivity index (χ4v) is 4.87. The van der Waals surface area contributed by atoms with E-state index in [1.807, 2.05) is 6.07 Å². The van der Waals surface area contributed by atoms with E-state index in [-0.39, 0.29) is 26.1 Å². The van der Waals surface area contributed by atoms with Crippen LogP contribution in [0, 0.1) is 0 Å². The van der Waals surface area contributed by atoms with Gasteiger partial charge in [0, 0.05) is 19.0 Å². The van der Waals surface area contributed by atoms with Crippen LogP contribution in [-0.4, -0.2) is 40.5 Å². The molecule has 3 unspecified atom stereocenters. The number of alkyl halides is 3. The number of hydrogen-bond acceptors (Lipinski definition) is 5. The van der Waals surface area contributed by atoms with Gasteiger partial charge in [-0.15, -0.1) is 0 Å². The number of carbonyl (C=O) groups is 1. The number of ether oxygens (including phenoxy) is 2. The Bertz CT molecular complexity index is 914. The van der Waals surface area contributed by atoms with E-state index < -0.39 is 50.7 Å². The van der Waals surface area contributed by atoms with Crippen LogP contribution in [0.15, 0.2) is 60.7 Å². The Morgan fingerprint density at radius 3 is 2.09 bits per heavy atom. The first-order valence-electron chi connectivity index (χ1n) is 10.7. The summed E-state index contributed by atoms with van der Waals surface area (Å²) in [5.41, 5.74) is 1.50. The van der Waals surface area contributed by atoms with Gasteiger partial charge in [-0.1, -0.05) is 60.7 Å². The molecule has 2 rings (SSSR count). The minimum Gasteiger partial charge on any atom is -0.445 e. The average molecular weight is 503 g/mol. The Hall–Kier alpha value is -2.39. The number of benzene rings is 2. The Morgan fingerprint density at radius 1 is 0.971 bits per heavy atom. The van der Waals surface area contributed by atoms with E-state index in [0.717, 1.165) is 5.56 Å². The molecular weight excluding hydrogens is 474 g/mol. The van der Waals surface area contributed by atoms with Gasteiger partial charge < -0.3 is 24.8 Å². The molecule has 2 aromatic carbocycles. The van der Waals surface area contributed by atoms with Crippen molar-refractivity contribution in [2.75, 3.05) is 6.16 Å². The zero-order chi connectivity index (χ0) is 25.0. The molecule has 0 aromatic heterocycles. The Morgan fingerprint density at radius 2 is 1.53 bits per heavy atom. The molecule has 0 fully saturated rings. The van der Waals surface area contributed by atoms with Crippen molar-refractivity contribution in [1.82, 2.24) is 5.32 Å². The number of carbonyl (C=O) groups excluding carboxylic acids is 1. The highest BCUT2D eigenvalue weighted by Crippen LogP contribution is 2.48. The lowest BCUT2D eigenvalue weighted by Gasteiger charge is -2.25. The van der Waals surface area contributed by atoms with Gasteiger partial charge in [0.1, 0.15) is 12.4 Å². The summed E-state index contributed by atoms with van der Waals surface area (Å²) >= 11 is 0. The molecule has 0 heterocycles. The fourth-order valence-electron chi connectivity index (χ4n) is 3.09. The molecule has 0 aliphatic rings. The molecule has 3 atom stereocenters. The number of hydrogen-bond donors (Lipinski definition) is 3. The molecule has 34 heavy (non-hydrogen) atoms. The number of nitrogens with one attached hydrogen (secondary N) is 1. The van der Waals surface area contributed by atoms with Crippen LogP contribution in [0.25, 0.3) is 0 Å². The van der Waals surface area contributed by atoms with Gasteiger partial charge in [0.15, 0.2) is 6.29 Å². The highest BCUT2D eigenvalue weighted by molar-refractivity contribution is 7.58. The molecule has 0 bridgehead atoms. The minimum absolute atomic E-state index is 0.0913. The molecule has 7 nitrogen and oxygen atoms in total. The molecule has 0 aliphatic heterocycles. The molecular formula is C23H29F3NO6P. The molecule has 188 valence electrons. The maximum absolute atomic E-state index is 12.8. The fraction of sp³-hybridized carbons (Fsp3) is 0.435. The van der Waals surface area contributed by atoms with Crippen molar-refractivity contribution in [3.63, 3.8) is 0 Å². The van der Waals surface area contributed by atoms with Gasteiger partial charge in [-0.3, -0.25) is 4.57 Å². The van der Waals surface area contributed by atoms with E-state index >= 15 is 0 Å². The van der Waals surface area contributed by atoms with E-state index in [0.29, 0.717) is 5.56 Å². The summed E-state index contributed by atoms with van der Waals surface area (Å²) in [7, 11) is -4.25. The number of aliphatic hydroxyl groups is 1. The van der Waals surface area contributed by atoms with Crippen molar-refractivity contribution in [1.29, 1.82) is 0 Å². The van der Waals surface area contributed by atoms with Crippen LogP contribution in [0.1, 0.15) is 36.8 Å². The lowest BCUT2D eigenvalue weighted by atomic mass is 10.2. The highest BCUT2D eigenvalue weighted by atomic mass is 31.2. The largest absolute Gasteiger partial charge is 0.445 e. The van der Waals surface area contributed by atoms with E-state index in [9.17, 15) is 32.5 Å². The number of amides is 1. The monoisotopic (exact) mass is 503 g/mol. The normalized spacial score (nSPS) is 15.2. The first kappa shape index (κ1) is 27.9. The number of alkyl carbamates (subject to hydrolysis) is 1. The third kappa shape index (κ3) is 11.2. The molecule has 0 spiro atoms. The molecule has 0 radical (unpaired) electrons. The molecule has 0 saturated heterocycles. The van der Waals surface area contributed by atoms with Gasteiger partial charge in [-0.05, 0) is 24.0 Å². The smallest absolute Gasteiger partial charge is 0.408 e. The average Bonchev–Trinajstić information content (AvgIpc) is 2.79. The third-order valence-corrected chi connectivity index (χ3v) is 7.21. The summed E-state index contributed by atoms with van der Waals surface area (Å²) in [4.78, 5) is 22.6. The summed E-state index contributed by atoms with van der Waals surface area (Å²) in [6.07, 6.45) is -9.50. The second kappa shape index (κ2) is 13.5. The second-order valence-electron chi connectivity index (χ2n) is 7.75. The van der Waals surface area contributed by atoms with Crippen LogP contribution >= 0.6 is 7.37 Å². The molecule has 3 N–H and O–H groups in total. The van der Waals surface area contributed by atoms with Crippen molar-refractivity contribution in [3.8, 4) is 0 Å². The topological polar surface area (TPSA) is 105 Å². The van der Waals surface area contributed by atoms with E-state index in [1.165, 1.54) is 0 Å². The molecule has 1 amide bonds. The SMILES string of the molecule is O=C(NC(CCC(O)OCc1ccccc1)P(=O)(O)CCCC(F)(F)F)OCc1ccccc1. The summed E-state index contributed by atoms with van der Waals surface area (Å²) in [5, 5.41) is 12.4. The maximum Gasteiger partial charge on any atom is 0.408 e. The standard InChI is InChI=1S/C23H29F3NO6P/c24-23(25,26)14-7-15-34(30,31)20(27-22(29)33-17-19-10-5-2-6-11-19)12-13-21(28)32-16-18-8-3-1-4-9-18/h1-6,8-11,20-21,28H,7,12-17H2,(H,27,29)(H,30,31). The van der Waals surface area contributed by atoms with Crippen molar-refractivity contribution in [2.24, 2.45) is 0 Å². The van der Waals surface area contributed by atoms with E-state index in [4.69, 9.17) is 9.47 Å². The number of aliphatic hydroxyl groups excluding tert-OH is 1. The van der Waals surface area contributed by atoms with Gasteiger partial charge in [0.2, 0.25) is 7.37 Å². The minimum atomic E-state index is -4.46. The van der Waals surface area contributed by atoms with Gasteiger partial charge >= 0.3 is 12.3 Å². The van der Waals surface area contributed by atoms with Crippen molar-refractivity contribution in [3.05, 3.63) is 71.8 Å². The van der Waals surface area contributed by atoms with Crippen molar-refractivity contribution < 1.29 is 42.0 Å². The van der Waals surface area contributed by atoms with Crippen molar-refractivity contribution >= 4 is 13.5 Å². The Kier molecular flexibility index (Phi) is 11.0. The summed E-state index contributed by atoms with van der Waals surface area (Å²) in [6.45, 7) is 0.00754. The van der Waals surface area contributed by atoms with Gasteiger partial charge in [0.25, 0.3) is 0 Å². The predicted molar refractivity (Wildman–Crippen MR) is 120 cm³/mol. The predicted octanol–water partition coefficient (Wildman–Crippen LogP) is 5.17. The van der Waals surface area contributed by atoms with Crippen LogP contribution in [0.2, 0.25) is 0 Å². The number of rotatable bonds is 13. The Balaban J connectivity index is 1.94. The highest BCUT2D eigenvalue weighted by Gasteiger charge is 2.35. The summed E-state index contributed by atoms with van der Waals surface area (Å²) in [6, 6.07) is 17.7. The first-order chi connectivity index (χ1) is 16.0. The zero-order valence-electron chi connectivity index (χ0n) is 18.5. The third-order valence-electron chi connectivity index (χ3n) is 4.90. The molecule has 2 aromatic rings. The maximum atomic E-state index is 12.8. The van der Waals surface area contributed by atoms with Gasteiger partial charge in [-0.25, -0.2) is 4.79 Å². The molecule has 0 saturated carbocycles. The second-order valence-corrected chi connectivity index (χ2v) is 10.3. The van der Waals surface area contributed by atoms with Crippen LogP contribution in [0.3, 0.4) is 0 Å². The van der Waals surface area contributed by atoms with Crippen molar-refractivity contribution in [2.45, 2.75) is 57.1 Å². The number of halogens is 3. The van der Waals surface area contributed by atoms with Gasteiger partial charge in [0.05, 0.1) is 6.61 Å². The van der Waals surface area contributed by atoms with E-state index in [2.05, 4.69) is 5.32 Å². The zero-order valence-corrected chi connectivity index (χ0v) is 19.4. The molecule has 11 heteroatoms. The Labute approximate surface area is 196 Å². The molecule has 0 aliphatic carbocycles. The summed E-state index contributed by atoms with van der Waals surface area (Å²) < 4.78 is 60.6. The van der Waals surface area contributed by atoms with Crippen LogP contribution in [0.5, 0.6) is 0 Å². The van der Waals surface area contributed by atoms with Crippen LogP contribution in [0.4, 0.5) is 18.0 Å². The summed E-state index contributed by atoms with van der Waals surface area (Å²) in [5.74, 6) is -1.40. The quantitative estimate of drug-likeness (QED) is 0.257.